The van der Waals surface area contributed by atoms with E-state index in [9.17, 15) is 5.11 Å². The third-order valence-corrected chi connectivity index (χ3v) is 2.01. The molecule has 0 rings (SSSR count). The molecular weight excluding hydrogens is 208 g/mol. The Balaban J connectivity index is 4.44. The minimum absolute atomic E-state index is 0.0851. The van der Waals surface area contributed by atoms with E-state index in [1.165, 1.54) is 6.08 Å². The number of hydrogen-bond acceptors (Lipinski definition) is 2. The number of hydrogen-bond donors (Lipinski definition) is 2. The molecule has 0 aromatic carbocycles. The summed E-state index contributed by atoms with van der Waals surface area (Å²) in [5, 5.41) is 18.2. The van der Waals surface area contributed by atoms with Crippen molar-refractivity contribution < 1.29 is 10.2 Å². The van der Waals surface area contributed by atoms with E-state index < -0.39 is 0 Å². The maximum atomic E-state index is 9.23. The van der Waals surface area contributed by atoms with Crippen LogP contribution in [-0.4, -0.2) is 10.2 Å². The van der Waals surface area contributed by atoms with Crippen LogP contribution in [0.2, 0.25) is 0 Å². The van der Waals surface area contributed by atoms with Gasteiger partial charge in [-0.2, -0.15) is 0 Å². The second kappa shape index (κ2) is 4.44. The molecular formula is C8H13BrO2. The summed E-state index contributed by atoms with van der Waals surface area (Å²) in [5.74, 6) is 0.504. The molecule has 0 radical (unpaired) electrons. The van der Waals surface area contributed by atoms with Crippen molar-refractivity contribution in [1.29, 1.82) is 0 Å². The average Bonchev–Trinajstić information content (AvgIpc) is 1.87. The van der Waals surface area contributed by atoms with Crippen LogP contribution in [0.4, 0.5) is 0 Å². The van der Waals surface area contributed by atoms with Gasteiger partial charge in [0, 0.05) is 5.92 Å². The molecule has 0 aliphatic rings. The third kappa shape index (κ3) is 4.09. The topological polar surface area (TPSA) is 40.5 Å². The Morgan fingerprint density at radius 2 is 1.82 bits per heavy atom. The highest BCUT2D eigenvalue weighted by Gasteiger charge is 2.01. The Morgan fingerprint density at radius 1 is 1.36 bits per heavy atom. The van der Waals surface area contributed by atoms with Crippen LogP contribution < -0.4 is 0 Å². The molecule has 0 saturated carbocycles. The molecule has 0 spiro atoms. The lowest BCUT2D eigenvalue weighted by atomic mass is 10.1. The lowest BCUT2D eigenvalue weighted by Gasteiger charge is -2.02. The summed E-state index contributed by atoms with van der Waals surface area (Å²) in [5.41, 5.74) is 0. The standard InChI is InChI=1S/C8H13BrO2/c1-5(2)8(11)4-7(9)6(3)10/h4-5,10-11H,1-3H3/b7-6-,8-4+. The maximum Gasteiger partial charge on any atom is 0.103 e. The fourth-order valence-corrected chi connectivity index (χ4v) is 0.635. The van der Waals surface area contributed by atoms with Gasteiger partial charge < -0.3 is 10.2 Å². The molecule has 64 valence electrons. The summed E-state index contributed by atoms with van der Waals surface area (Å²) in [4.78, 5) is 0. The highest BCUT2D eigenvalue weighted by atomic mass is 79.9. The first-order chi connectivity index (χ1) is 4.95. The molecule has 0 aromatic rings. The van der Waals surface area contributed by atoms with E-state index in [4.69, 9.17) is 5.11 Å². The Hall–Kier alpha value is -0.440. The normalized spacial score (nSPS) is 15.2. The van der Waals surface area contributed by atoms with Crippen molar-refractivity contribution >= 4 is 15.9 Å². The van der Waals surface area contributed by atoms with Gasteiger partial charge in [-0.1, -0.05) is 13.8 Å². The summed E-state index contributed by atoms with van der Waals surface area (Å²) >= 11 is 3.10. The molecule has 2 nitrogen and oxygen atoms in total. The molecule has 0 aromatic heterocycles. The van der Waals surface area contributed by atoms with Gasteiger partial charge in [0.05, 0.1) is 10.2 Å². The van der Waals surface area contributed by atoms with Gasteiger partial charge in [-0.15, -0.1) is 0 Å². The van der Waals surface area contributed by atoms with Crippen molar-refractivity contribution in [3.05, 3.63) is 22.1 Å². The molecule has 0 bridgehead atoms. The zero-order valence-corrected chi connectivity index (χ0v) is 8.51. The Kier molecular flexibility index (Phi) is 4.26. The minimum Gasteiger partial charge on any atom is -0.512 e. The molecule has 0 fully saturated rings. The zero-order chi connectivity index (χ0) is 9.02. The fraction of sp³-hybridized carbons (Fsp3) is 0.500. The zero-order valence-electron chi connectivity index (χ0n) is 6.93. The molecule has 0 unspecified atom stereocenters. The Bertz CT molecular complexity index is 188. The molecule has 0 atom stereocenters. The Morgan fingerprint density at radius 3 is 2.09 bits per heavy atom. The van der Waals surface area contributed by atoms with Gasteiger partial charge in [-0.3, -0.25) is 0 Å². The van der Waals surface area contributed by atoms with Crippen LogP contribution in [0.15, 0.2) is 22.1 Å². The second-order valence-corrected chi connectivity index (χ2v) is 3.51. The summed E-state index contributed by atoms with van der Waals surface area (Å²) < 4.78 is 0.517. The van der Waals surface area contributed by atoms with Crippen LogP contribution in [-0.2, 0) is 0 Å². The first kappa shape index (κ1) is 10.6. The first-order valence-corrected chi connectivity index (χ1v) is 4.20. The van der Waals surface area contributed by atoms with Crippen LogP contribution in [0.3, 0.4) is 0 Å². The number of aliphatic hydroxyl groups excluding tert-OH is 2. The first-order valence-electron chi connectivity index (χ1n) is 3.41. The van der Waals surface area contributed by atoms with Gasteiger partial charge in [-0.05, 0) is 28.9 Å². The molecule has 2 N–H and O–H groups in total. The lowest BCUT2D eigenvalue weighted by molar-refractivity contribution is 0.351. The largest absolute Gasteiger partial charge is 0.512 e. The lowest BCUT2D eigenvalue weighted by Crippen LogP contribution is -1.92. The number of aliphatic hydroxyl groups is 2. The summed E-state index contributed by atoms with van der Waals surface area (Å²) in [6.07, 6.45) is 1.50. The van der Waals surface area contributed by atoms with E-state index in [0.717, 1.165) is 0 Å². The van der Waals surface area contributed by atoms with Crippen LogP contribution in [0.5, 0.6) is 0 Å². The molecule has 0 saturated heterocycles. The SMILES string of the molecule is C/C(O)=C(Br)\C=C(\O)C(C)C. The molecule has 3 heteroatoms. The predicted octanol–water partition coefficient (Wildman–Crippen LogP) is 3.27. The molecule has 11 heavy (non-hydrogen) atoms. The second-order valence-electron chi connectivity index (χ2n) is 2.66. The number of allylic oxidation sites excluding steroid dienone is 4. The highest BCUT2D eigenvalue weighted by Crippen LogP contribution is 2.16. The number of rotatable bonds is 2. The summed E-state index contributed by atoms with van der Waals surface area (Å²) in [6, 6.07) is 0. The summed E-state index contributed by atoms with van der Waals surface area (Å²) in [6.45, 7) is 5.30. The van der Waals surface area contributed by atoms with E-state index in [1.807, 2.05) is 13.8 Å². The van der Waals surface area contributed by atoms with Crippen molar-refractivity contribution in [2.45, 2.75) is 20.8 Å². The molecule has 0 amide bonds. The van der Waals surface area contributed by atoms with Crippen molar-refractivity contribution in [3.63, 3.8) is 0 Å². The van der Waals surface area contributed by atoms with Gasteiger partial charge in [0.25, 0.3) is 0 Å². The maximum absolute atomic E-state index is 9.23. The average molecular weight is 221 g/mol. The predicted molar refractivity (Wildman–Crippen MR) is 49.8 cm³/mol. The quantitative estimate of drug-likeness (QED) is 0.554. The smallest absolute Gasteiger partial charge is 0.103 e. The van der Waals surface area contributed by atoms with Crippen molar-refractivity contribution in [3.8, 4) is 0 Å². The van der Waals surface area contributed by atoms with E-state index in [2.05, 4.69) is 15.9 Å². The van der Waals surface area contributed by atoms with E-state index in [1.54, 1.807) is 6.92 Å². The van der Waals surface area contributed by atoms with Crippen LogP contribution >= 0.6 is 15.9 Å². The van der Waals surface area contributed by atoms with E-state index in [0.29, 0.717) is 4.48 Å². The minimum atomic E-state index is 0.0851. The molecule has 0 aliphatic carbocycles. The molecule has 0 heterocycles. The van der Waals surface area contributed by atoms with Crippen LogP contribution in [0.1, 0.15) is 20.8 Å². The van der Waals surface area contributed by atoms with Crippen LogP contribution in [0, 0.1) is 5.92 Å². The number of halogens is 1. The monoisotopic (exact) mass is 220 g/mol. The van der Waals surface area contributed by atoms with Gasteiger partial charge in [0.1, 0.15) is 5.76 Å². The van der Waals surface area contributed by atoms with Crippen molar-refractivity contribution in [2.24, 2.45) is 5.92 Å². The van der Waals surface area contributed by atoms with Gasteiger partial charge in [0.2, 0.25) is 0 Å². The van der Waals surface area contributed by atoms with Gasteiger partial charge in [-0.25, -0.2) is 0 Å². The van der Waals surface area contributed by atoms with Gasteiger partial charge in [0.15, 0.2) is 0 Å². The third-order valence-electron chi connectivity index (χ3n) is 1.21. The van der Waals surface area contributed by atoms with Crippen molar-refractivity contribution in [2.75, 3.05) is 0 Å². The van der Waals surface area contributed by atoms with E-state index >= 15 is 0 Å². The van der Waals surface area contributed by atoms with Crippen molar-refractivity contribution in [1.82, 2.24) is 0 Å². The van der Waals surface area contributed by atoms with Crippen LogP contribution in [0.25, 0.3) is 0 Å². The molecule has 0 aliphatic heterocycles. The fourth-order valence-electron chi connectivity index (χ4n) is 0.401. The van der Waals surface area contributed by atoms with Gasteiger partial charge >= 0.3 is 0 Å². The highest BCUT2D eigenvalue weighted by molar-refractivity contribution is 9.11. The Labute approximate surface area is 75.4 Å². The van der Waals surface area contributed by atoms with E-state index in [-0.39, 0.29) is 17.4 Å². The summed E-state index contributed by atoms with van der Waals surface area (Å²) in [7, 11) is 0.